The molecule has 1 saturated heterocycles. The molecular weight excluding hydrogens is 423 g/mol. The van der Waals surface area contributed by atoms with Gasteiger partial charge in [-0.15, -0.1) is 13.2 Å². The Bertz CT molecular complexity index is 1030. The molecule has 0 bridgehead atoms. The van der Waals surface area contributed by atoms with E-state index in [2.05, 4.69) is 19.4 Å². The molecule has 0 aliphatic carbocycles. The Morgan fingerprint density at radius 1 is 1.20 bits per heavy atom. The zero-order valence-corrected chi connectivity index (χ0v) is 16.4. The molecule has 30 heavy (non-hydrogen) atoms. The summed E-state index contributed by atoms with van der Waals surface area (Å²) in [6, 6.07) is 6.59. The van der Waals surface area contributed by atoms with Crippen LogP contribution in [0.5, 0.6) is 5.75 Å². The number of nitrogens with one attached hydrogen (secondary N) is 1. The van der Waals surface area contributed by atoms with Crippen LogP contribution in [0.2, 0.25) is 0 Å². The highest BCUT2D eigenvalue weighted by atomic mass is 32.2. The minimum atomic E-state index is -5.00. The molecule has 160 valence electrons. The molecule has 0 unspecified atom stereocenters. The number of aromatic nitrogens is 2. The molecule has 1 fully saturated rings. The van der Waals surface area contributed by atoms with Crippen molar-refractivity contribution < 1.29 is 26.3 Å². The maximum absolute atomic E-state index is 12.5. The number of hydrogen-bond acceptors (Lipinski definition) is 7. The molecular formula is C18H18F3N5O3S. The van der Waals surface area contributed by atoms with Crippen LogP contribution in [0, 0.1) is 17.2 Å². The predicted octanol–water partition coefficient (Wildman–Crippen LogP) is 2.44. The number of piperidine rings is 1. The first-order valence-electron chi connectivity index (χ1n) is 9.00. The number of para-hydroxylation sites is 1. The Labute approximate surface area is 171 Å². The van der Waals surface area contributed by atoms with Crippen molar-refractivity contribution in [2.45, 2.75) is 24.1 Å². The first-order chi connectivity index (χ1) is 14.2. The van der Waals surface area contributed by atoms with E-state index < -0.39 is 27.0 Å². The van der Waals surface area contributed by atoms with E-state index in [4.69, 9.17) is 5.26 Å². The van der Waals surface area contributed by atoms with Gasteiger partial charge in [0.2, 0.25) is 10.0 Å². The Balaban J connectivity index is 1.61. The standard InChI is InChI=1S/C18H18F3N5O3S/c19-18(20,21)29-15-3-1-2-4-16(15)30(27,28)25-12-13-5-9-26(10-6-13)17-14(11-22)23-7-8-24-17/h1-4,7-8,13,25H,5-6,9-10,12H2. The van der Waals surface area contributed by atoms with Crippen LogP contribution in [0.4, 0.5) is 19.0 Å². The molecule has 2 heterocycles. The Hall–Kier alpha value is -2.91. The largest absolute Gasteiger partial charge is 0.573 e. The first-order valence-corrected chi connectivity index (χ1v) is 10.5. The molecule has 1 N–H and O–H groups in total. The van der Waals surface area contributed by atoms with E-state index in [1.807, 2.05) is 11.0 Å². The highest BCUT2D eigenvalue weighted by Gasteiger charge is 2.34. The summed E-state index contributed by atoms with van der Waals surface area (Å²) in [7, 11) is -4.19. The molecule has 2 aromatic rings. The molecule has 1 aromatic carbocycles. The van der Waals surface area contributed by atoms with E-state index in [-0.39, 0.29) is 18.2 Å². The summed E-state index contributed by atoms with van der Waals surface area (Å²) in [6.45, 7) is 1.17. The predicted molar refractivity (Wildman–Crippen MR) is 100.0 cm³/mol. The number of hydrogen-bond donors (Lipinski definition) is 1. The Kier molecular flexibility index (Phi) is 6.42. The number of ether oxygens (including phenoxy) is 1. The van der Waals surface area contributed by atoms with Crippen LogP contribution in [0.15, 0.2) is 41.6 Å². The lowest BCUT2D eigenvalue weighted by atomic mass is 9.97. The van der Waals surface area contributed by atoms with Crippen molar-refractivity contribution in [2.75, 3.05) is 24.5 Å². The summed E-state index contributed by atoms with van der Waals surface area (Å²) in [4.78, 5) is 9.50. The van der Waals surface area contributed by atoms with Crippen LogP contribution in [0.3, 0.4) is 0 Å². The molecule has 8 nitrogen and oxygen atoms in total. The lowest BCUT2D eigenvalue weighted by Gasteiger charge is -2.32. The average Bonchev–Trinajstić information content (AvgIpc) is 2.72. The van der Waals surface area contributed by atoms with Crippen LogP contribution in [0.25, 0.3) is 0 Å². The highest BCUT2D eigenvalue weighted by molar-refractivity contribution is 7.89. The molecule has 0 spiro atoms. The summed E-state index contributed by atoms with van der Waals surface area (Å²) >= 11 is 0. The summed E-state index contributed by atoms with van der Waals surface area (Å²) in [5, 5.41) is 9.14. The van der Waals surface area contributed by atoms with Gasteiger partial charge in [-0.05, 0) is 30.9 Å². The normalized spacial score (nSPS) is 15.6. The van der Waals surface area contributed by atoms with E-state index in [0.29, 0.717) is 31.7 Å². The number of halogens is 3. The molecule has 0 radical (unpaired) electrons. The van der Waals surface area contributed by atoms with Crippen molar-refractivity contribution in [2.24, 2.45) is 5.92 Å². The van der Waals surface area contributed by atoms with Crippen molar-refractivity contribution in [3.63, 3.8) is 0 Å². The fraction of sp³-hybridized carbons (Fsp3) is 0.389. The fourth-order valence-electron chi connectivity index (χ4n) is 3.18. The first kappa shape index (κ1) is 21.8. The number of anilines is 1. The van der Waals surface area contributed by atoms with Crippen molar-refractivity contribution >= 4 is 15.8 Å². The van der Waals surface area contributed by atoms with Gasteiger partial charge in [0, 0.05) is 32.0 Å². The molecule has 0 saturated carbocycles. The summed E-state index contributed by atoms with van der Waals surface area (Å²) in [6.07, 6.45) is -0.836. The van der Waals surface area contributed by atoms with Crippen molar-refractivity contribution in [1.29, 1.82) is 5.26 Å². The maximum Gasteiger partial charge on any atom is 0.573 e. The van der Waals surface area contributed by atoms with Gasteiger partial charge in [-0.1, -0.05) is 12.1 Å². The van der Waals surface area contributed by atoms with Gasteiger partial charge in [-0.3, -0.25) is 0 Å². The van der Waals surface area contributed by atoms with Gasteiger partial charge < -0.3 is 9.64 Å². The monoisotopic (exact) mass is 441 g/mol. The minimum absolute atomic E-state index is 0.0195. The van der Waals surface area contributed by atoms with Crippen molar-refractivity contribution in [3.05, 3.63) is 42.4 Å². The molecule has 1 aromatic heterocycles. The second kappa shape index (κ2) is 8.85. The summed E-state index contributed by atoms with van der Waals surface area (Å²) < 4.78 is 68.9. The average molecular weight is 441 g/mol. The molecule has 1 aliphatic rings. The van der Waals surface area contributed by atoms with Gasteiger partial charge in [0.1, 0.15) is 16.7 Å². The molecule has 0 amide bonds. The Morgan fingerprint density at radius 3 is 2.53 bits per heavy atom. The van der Waals surface area contributed by atoms with Gasteiger partial charge in [0.05, 0.1) is 0 Å². The number of rotatable bonds is 6. The smallest absolute Gasteiger partial charge is 0.404 e. The van der Waals surface area contributed by atoms with Crippen LogP contribution < -0.4 is 14.4 Å². The zero-order valence-electron chi connectivity index (χ0n) is 15.6. The minimum Gasteiger partial charge on any atom is -0.404 e. The van der Waals surface area contributed by atoms with Crippen LogP contribution in [-0.2, 0) is 10.0 Å². The molecule has 12 heteroatoms. The second-order valence-corrected chi connectivity index (χ2v) is 8.35. The van der Waals surface area contributed by atoms with Gasteiger partial charge in [-0.2, -0.15) is 5.26 Å². The van der Waals surface area contributed by atoms with Crippen LogP contribution in [0.1, 0.15) is 18.5 Å². The van der Waals surface area contributed by atoms with Crippen molar-refractivity contribution in [3.8, 4) is 11.8 Å². The van der Waals surface area contributed by atoms with Gasteiger partial charge in [0.25, 0.3) is 0 Å². The molecule has 0 atom stereocenters. The van der Waals surface area contributed by atoms with E-state index >= 15 is 0 Å². The third kappa shape index (κ3) is 5.37. The van der Waals surface area contributed by atoms with E-state index in [1.54, 1.807) is 0 Å². The lowest BCUT2D eigenvalue weighted by Crippen LogP contribution is -2.39. The zero-order chi connectivity index (χ0) is 21.8. The maximum atomic E-state index is 12.5. The van der Waals surface area contributed by atoms with Crippen LogP contribution in [-0.4, -0.2) is 44.4 Å². The number of alkyl halides is 3. The van der Waals surface area contributed by atoms with Crippen molar-refractivity contribution in [1.82, 2.24) is 14.7 Å². The molecule has 3 rings (SSSR count). The third-order valence-corrected chi connectivity index (χ3v) is 6.09. The molecule has 1 aliphatic heterocycles. The van der Waals surface area contributed by atoms with E-state index in [9.17, 15) is 21.6 Å². The van der Waals surface area contributed by atoms with Crippen LogP contribution >= 0.6 is 0 Å². The van der Waals surface area contributed by atoms with E-state index in [1.165, 1.54) is 24.5 Å². The Morgan fingerprint density at radius 2 is 1.87 bits per heavy atom. The second-order valence-electron chi connectivity index (χ2n) is 6.62. The third-order valence-electron chi connectivity index (χ3n) is 4.63. The fourth-order valence-corrected chi connectivity index (χ4v) is 4.42. The van der Waals surface area contributed by atoms with Gasteiger partial charge in [0.15, 0.2) is 11.5 Å². The number of nitriles is 1. The summed E-state index contributed by atoms with van der Waals surface area (Å²) in [5.74, 6) is -0.315. The number of benzene rings is 1. The quantitative estimate of drug-likeness (QED) is 0.734. The highest BCUT2D eigenvalue weighted by Crippen LogP contribution is 2.29. The SMILES string of the molecule is N#Cc1nccnc1N1CCC(CNS(=O)(=O)c2ccccc2OC(F)(F)F)CC1. The number of sulfonamides is 1. The topological polar surface area (TPSA) is 108 Å². The number of nitrogens with zero attached hydrogens (tertiary/aromatic N) is 4. The summed E-state index contributed by atoms with van der Waals surface area (Å²) in [5.41, 5.74) is 0.220. The van der Waals surface area contributed by atoms with E-state index in [0.717, 1.165) is 12.1 Å². The van der Waals surface area contributed by atoms with Gasteiger partial charge in [-0.25, -0.2) is 23.1 Å². The lowest BCUT2D eigenvalue weighted by molar-refractivity contribution is -0.275. The van der Waals surface area contributed by atoms with Gasteiger partial charge >= 0.3 is 6.36 Å².